The first-order valence-electron chi connectivity index (χ1n) is 10.3. The van der Waals surface area contributed by atoms with Gasteiger partial charge in [0.05, 0.1) is 27.7 Å². The van der Waals surface area contributed by atoms with Gasteiger partial charge in [-0.15, -0.1) is 0 Å². The van der Waals surface area contributed by atoms with Crippen LogP contribution in [0.3, 0.4) is 0 Å². The molecule has 5 aromatic rings. The highest BCUT2D eigenvalue weighted by Crippen LogP contribution is 2.40. The summed E-state index contributed by atoms with van der Waals surface area (Å²) in [5, 5.41) is 18.5. The second kappa shape index (κ2) is 7.07. The molecule has 1 saturated heterocycles. The van der Waals surface area contributed by atoms with E-state index in [2.05, 4.69) is 20.0 Å². The molecular formula is C22H19FN6O2S. The summed E-state index contributed by atoms with van der Waals surface area (Å²) >= 11 is 1.53. The minimum absolute atomic E-state index is 0.244. The van der Waals surface area contributed by atoms with Crippen LogP contribution in [0.4, 0.5) is 9.52 Å². The van der Waals surface area contributed by atoms with Gasteiger partial charge in [0.25, 0.3) is 5.56 Å². The van der Waals surface area contributed by atoms with Gasteiger partial charge in [-0.25, -0.2) is 14.4 Å². The van der Waals surface area contributed by atoms with Gasteiger partial charge in [0.1, 0.15) is 18.5 Å². The lowest BCUT2D eigenvalue weighted by molar-refractivity contribution is -0.00310. The van der Waals surface area contributed by atoms with Crippen molar-refractivity contribution in [3.05, 3.63) is 59.3 Å². The first-order valence-corrected chi connectivity index (χ1v) is 11.2. The van der Waals surface area contributed by atoms with E-state index in [-0.39, 0.29) is 11.4 Å². The molecule has 0 amide bonds. The number of H-pyrrole nitrogens is 1. The molecule has 162 valence electrons. The summed E-state index contributed by atoms with van der Waals surface area (Å²) in [5.41, 5.74) is -0.321. The van der Waals surface area contributed by atoms with Crippen LogP contribution in [0.5, 0.6) is 0 Å². The van der Waals surface area contributed by atoms with E-state index in [1.165, 1.54) is 29.8 Å². The third-order valence-electron chi connectivity index (χ3n) is 6.21. The Hall–Kier alpha value is -3.37. The summed E-state index contributed by atoms with van der Waals surface area (Å²) in [7, 11) is 0. The number of hydrogen-bond acceptors (Lipinski definition) is 7. The Bertz CT molecular complexity index is 1520. The van der Waals surface area contributed by atoms with Gasteiger partial charge in [-0.3, -0.25) is 9.48 Å². The average Bonchev–Trinajstić information content (AvgIpc) is 3.44. The van der Waals surface area contributed by atoms with Gasteiger partial charge in [-0.1, -0.05) is 11.3 Å². The fraction of sp³-hybridized carbons (Fsp3) is 0.273. The van der Waals surface area contributed by atoms with Gasteiger partial charge in [-0.05, 0) is 37.1 Å². The molecule has 0 aliphatic carbocycles. The van der Waals surface area contributed by atoms with Crippen molar-refractivity contribution in [2.24, 2.45) is 0 Å². The number of nitrogens with one attached hydrogen (secondary N) is 1. The van der Waals surface area contributed by atoms with Crippen molar-refractivity contribution < 1.29 is 9.50 Å². The number of piperidine rings is 1. The third kappa shape index (κ3) is 3.06. The lowest BCUT2D eigenvalue weighted by atomic mass is 9.91. The average molecular weight is 450 g/mol. The quantitative estimate of drug-likeness (QED) is 0.410. The Morgan fingerprint density at radius 3 is 2.81 bits per heavy atom. The summed E-state index contributed by atoms with van der Waals surface area (Å²) in [6.07, 6.45) is 5.84. The maximum atomic E-state index is 14.0. The number of thiazole rings is 1. The number of hydrogen-bond donors (Lipinski definition) is 2. The highest BCUT2D eigenvalue weighted by atomic mass is 32.1. The molecule has 6 rings (SSSR count). The van der Waals surface area contributed by atoms with E-state index in [9.17, 15) is 14.3 Å². The van der Waals surface area contributed by atoms with Gasteiger partial charge in [0.15, 0.2) is 5.13 Å². The first-order chi connectivity index (χ1) is 15.5. The van der Waals surface area contributed by atoms with Crippen LogP contribution in [0.25, 0.3) is 31.8 Å². The SMILES string of the molecule is O=c1[nH]ccc2c3sc(N4CCC(O)(Cn5cncn5)CC4)nc3c3ccc(F)cc3c12. The minimum atomic E-state index is -0.842. The zero-order valence-corrected chi connectivity index (χ0v) is 17.8. The Balaban J connectivity index is 1.41. The van der Waals surface area contributed by atoms with Crippen molar-refractivity contribution in [2.45, 2.75) is 25.0 Å². The highest BCUT2D eigenvalue weighted by molar-refractivity contribution is 7.23. The van der Waals surface area contributed by atoms with Gasteiger partial charge >= 0.3 is 0 Å². The molecule has 0 atom stereocenters. The maximum absolute atomic E-state index is 14.0. The van der Waals surface area contributed by atoms with E-state index < -0.39 is 5.60 Å². The first kappa shape index (κ1) is 19.3. The summed E-state index contributed by atoms with van der Waals surface area (Å²) in [6.45, 7) is 1.70. The molecule has 1 fully saturated rings. The zero-order chi connectivity index (χ0) is 21.9. The van der Waals surface area contributed by atoms with E-state index in [0.717, 1.165) is 26.1 Å². The molecule has 1 aliphatic rings. The zero-order valence-electron chi connectivity index (χ0n) is 17.0. The van der Waals surface area contributed by atoms with Crippen LogP contribution in [0, 0.1) is 5.82 Å². The normalized spacial score (nSPS) is 16.4. The number of anilines is 1. The Labute approximate surface area is 185 Å². The molecular weight excluding hydrogens is 431 g/mol. The van der Waals surface area contributed by atoms with E-state index in [4.69, 9.17) is 4.98 Å². The summed E-state index contributed by atoms with van der Waals surface area (Å²) in [4.78, 5) is 26.3. The number of aliphatic hydroxyl groups is 1. The number of aromatic amines is 1. The molecule has 0 spiro atoms. The molecule has 2 N–H and O–H groups in total. The summed E-state index contributed by atoms with van der Waals surface area (Å²) in [6, 6.07) is 6.33. The van der Waals surface area contributed by atoms with E-state index in [1.54, 1.807) is 23.3 Å². The molecule has 0 radical (unpaired) electrons. The van der Waals surface area contributed by atoms with Crippen LogP contribution in [0.2, 0.25) is 0 Å². The van der Waals surface area contributed by atoms with Crippen molar-refractivity contribution in [1.82, 2.24) is 24.7 Å². The van der Waals surface area contributed by atoms with Gasteiger partial charge in [0, 0.05) is 35.4 Å². The highest BCUT2D eigenvalue weighted by Gasteiger charge is 2.34. The smallest absolute Gasteiger partial charge is 0.256 e. The lowest BCUT2D eigenvalue weighted by Gasteiger charge is -2.37. The van der Waals surface area contributed by atoms with Crippen molar-refractivity contribution in [3.8, 4) is 0 Å². The fourth-order valence-electron chi connectivity index (χ4n) is 4.56. The molecule has 0 bridgehead atoms. The van der Waals surface area contributed by atoms with Crippen LogP contribution in [0.15, 0.2) is 47.9 Å². The lowest BCUT2D eigenvalue weighted by Crippen LogP contribution is -2.47. The number of rotatable bonds is 3. The van der Waals surface area contributed by atoms with E-state index in [1.807, 2.05) is 6.07 Å². The molecule has 32 heavy (non-hydrogen) atoms. The minimum Gasteiger partial charge on any atom is -0.388 e. The number of halogens is 1. The molecule has 0 unspecified atom stereocenters. The molecule has 4 heterocycles. The standard InChI is InChI=1S/C22H19FN6O2S/c23-13-1-2-14-16(9-13)17-15(3-6-25-20(17)30)19-18(14)27-21(32-19)28-7-4-22(31,5-8-28)10-29-12-24-11-26-29/h1-3,6,9,11-12,31H,4-5,7-8,10H2,(H,25,30). The second-order valence-electron chi connectivity index (χ2n) is 8.26. The van der Waals surface area contributed by atoms with Crippen molar-refractivity contribution >= 4 is 48.2 Å². The van der Waals surface area contributed by atoms with Crippen LogP contribution in [-0.4, -0.2) is 48.5 Å². The molecule has 3 aromatic heterocycles. The largest absolute Gasteiger partial charge is 0.388 e. The van der Waals surface area contributed by atoms with Crippen LogP contribution in [-0.2, 0) is 6.54 Å². The van der Waals surface area contributed by atoms with Gasteiger partial charge < -0.3 is 15.0 Å². The molecule has 2 aromatic carbocycles. The van der Waals surface area contributed by atoms with E-state index in [0.29, 0.717) is 43.2 Å². The Kier molecular flexibility index (Phi) is 4.27. The number of aromatic nitrogens is 5. The third-order valence-corrected chi connectivity index (χ3v) is 7.36. The fourth-order valence-corrected chi connectivity index (χ4v) is 5.73. The van der Waals surface area contributed by atoms with E-state index >= 15 is 0 Å². The monoisotopic (exact) mass is 450 g/mol. The van der Waals surface area contributed by atoms with Gasteiger partial charge in [-0.2, -0.15) is 5.10 Å². The predicted molar refractivity (Wildman–Crippen MR) is 122 cm³/mol. The number of fused-ring (bicyclic) bond motifs is 6. The Morgan fingerprint density at radius 2 is 2.03 bits per heavy atom. The van der Waals surface area contributed by atoms with Crippen LogP contribution >= 0.6 is 11.3 Å². The molecule has 1 aliphatic heterocycles. The molecule has 8 nitrogen and oxygen atoms in total. The van der Waals surface area contributed by atoms with Gasteiger partial charge in [0.2, 0.25) is 0 Å². The topological polar surface area (TPSA) is 99.9 Å². The second-order valence-corrected chi connectivity index (χ2v) is 9.24. The molecule has 10 heteroatoms. The maximum Gasteiger partial charge on any atom is 0.256 e. The van der Waals surface area contributed by atoms with Crippen molar-refractivity contribution in [3.63, 3.8) is 0 Å². The van der Waals surface area contributed by atoms with Crippen LogP contribution < -0.4 is 10.5 Å². The summed E-state index contributed by atoms with van der Waals surface area (Å²) in [5.74, 6) is -0.389. The van der Waals surface area contributed by atoms with Crippen LogP contribution in [0.1, 0.15) is 12.8 Å². The number of nitrogens with zero attached hydrogens (tertiary/aromatic N) is 5. The Morgan fingerprint density at radius 1 is 1.19 bits per heavy atom. The van der Waals surface area contributed by atoms with Crippen molar-refractivity contribution in [2.75, 3.05) is 18.0 Å². The number of pyridine rings is 1. The molecule has 0 saturated carbocycles. The number of benzene rings is 2. The summed E-state index contributed by atoms with van der Waals surface area (Å²) < 4.78 is 16.6. The van der Waals surface area contributed by atoms with Crippen molar-refractivity contribution in [1.29, 1.82) is 0 Å². The predicted octanol–water partition coefficient (Wildman–Crippen LogP) is 3.05.